The molecule has 0 heterocycles. The van der Waals surface area contributed by atoms with Gasteiger partial charge >= 0.3 is 0 Å². The maximum atomic E-state index is 9.73. The quantitative estimate of drug-likeness (QED) is 0.869. The van der Waals surface area contributed by atoms with Gasteiger partial charge in [-0.25, -0.2) is 0 Å². The number of rotatable bonds is 5. The lowest BCUT2D eigenvalue weighted by atomic mass is 9.80. The lowest BCUT2D eigenvalue weighted by Crippen LogP contribution is -2.53. The van der Waals surface area contributed by atoms with Gasteiger partial charge in [0.2, 0.25) is 0 Å². The topological polar surface area (TPSA) is 41.5 Å². The molecule has 3 heteroatoms. The van der Waals surface area contributed by atoms with Crippen molar-refractivity contribution in [2.75, 3.05) is 13.2 Å². The van der Waals surface area contributed by atoms with Crippen molar-refractivity contribution in [3.8, 4) is 5.75 Å². The first-order valence-electron chi connectivity index (χ1n) is 7.68. The molecule has 1 aliphatic rings. The predicted molar refractivity (Wildman–Crippen MR) is 82.3 cm³/mol. The minimum Gasteiger partial charge on any atom is -0.490 e. The number of aliphatic hydroxyl groups is 1. The molecule has 1 fully saturated rings. The van der Waals surface area contributed by atoms with E-state index in [1.54, 1.807) is 0 Å². The molecule has 1 saturated carbocycles. The molecule has 3 nitrogen and oxygen atoms in total. The maximum Gasteiger partial charge on any atom is 0.120 e. The summed E-state index contributed by atoms with van der Waals surface area (Å²) in [6.45, 7) is 7.35. The van der Waals surface area contributed by atoms with Crippen LogP contribution in [0.2, 0.25) is 0 Å². The molecule has 1 aromatic carbocycles. The van der Waals surface area contributed by atoms with Crippen molar-refractivity contribution in [3.63, 3.8) is 0 Å². The highest BCUT2D eigenvalue weighted by Crippen LogP contribution is 2.31. The molecule has 2 rings (SSSR count). The Morgan fingerprint density at radius 1 is 1.30 bits per heavy atom. The Labute approximate surface area is 122 Å². The first-order valence-corrected chi connectivity index (χ1v) is 7.68. The Morgan fingerprint density at radius 3 is 2.60 bits per heavy atom. The van der Waals surface area contributed by atoms with E-state index in [0.717, 1.165) is 38.0 Å². The molecule has 1 aromatic rings. The second-order valence-electron chi connectivity index (χ2n) is 6.13. The molecule has 0 spiro atoms. The summed E-state index contributed by atoms with van der Waals surface area (Å²) < 4.78 is 6.17. The zero-order chi connectivity index (χ0) is 14.6. The first-order chi connectivity index (χ1) is 9.57. The van der Waals surface area contributed by atoms with E-state index < -0.39 is 0 Å². The molecule has 0 bridgehead atoms. The van der Waals surface area contributed by atoms with Crippen LogP contribution in [0.4, 0.5) is 0 Å². The van der Waals surface area contributed by atoms with Crippen LogP contribution in [0.15, 0.2) is 18.2 Å². The van der Waals surface area contributed by atoms with E-state index in [4.69, 9.17) is 4.74 Å². The second-order valence-corrected chi connectivity index (χ2v) is 6.13. The van der Waals surface area contributed by atoms with Crippen LogP contribution < -0.4 is 10.1 Å². The van der Waals surface area contributed by atoms with Crippen molar-refractivity contribution in [2.45, 2.75) is 58.1 Å². The summed E-state index contributed by atoms with van der Waals surface area (Å²) in [7, 11) is 0. The fraction of sp³-hybridized carbons (Fsp3) is 0.647. The van der Waals surface area contributed by atoms with E-state index >= 15 is 0 Å². The Hall–Kier alpha value is -1.06. The van der Waals surface area contributed by atoms with Crippen molar-refractivity contribution in [3.05, 3.63) is 29.3 Å². The highest BCUT2D eigenvalue weighted by molar-refractivity contribution is 5.33. The highest BCUT2D eigenvalue weighted by Gasteiger charge is 2.36. The molecule has 0 saturated heterocycles. The molecule has 0 aliphatic heterocycles. The number of benzene rings is 1. The molecule has 2 N–H and O–H groups in total. The first kappa shape index (κ1) is 15.3. The molecule has 1 aliphatic carbocycles. The van der Waals surface area contributed by atoms with Gasteiger partial charge in [0.1, 0.15) is 11.9 Å². The van der Waals surface area contributed by atoms with E-state index in [1.807, 2.05) is 0 Å². The SMILES string of the molecule is CCNC1(CO)CCCC(Oc2cc(C)cc(C)c2)C1. The minimum atomic E-state index is -0.156. The van der Waals surface area contributed by atoms with Crippen LogP contribution in [0.25, 0.3) is 0 Å². The van der Waals surface area contributed by atoms with Crippen LogP contribution in [0.1, 0.15) is 43.7 Å². The van der Waals surface area contributed by atoms with Crippen molar-refractivity contribution < 1.29 is 9.84 Å². The summed E-state index contributed by atoms with van der Waals surface area (Å²) in [5, 5.41) is 13.2. The predicted octanol–water partition coefficient (Wildman–Crippen LogP) is 2.97. The molecule has 0 amide bonds. The fourth-order valence-electron chi connectivity index (χ4n) is 3.34. The Balaban J connectivity index is 2.05. The fourth-order valence-corrected chi connectivity index (χ4v) is 3.34. The Bertz CT molecular complexity index is 422. The summed E-state index contributed by atoms with van der Waals surface area (Å²) >= 11 is 0. The molecule has 20 heavy (non-hydrogen) atoms. The molecular weight excluding hydrogens is 250 g/mol. The van der Waals surface area contributed by atoms with Gasteiger partial charge in [-0.05, 0) is 62.9 Å². The van der Waals surface area contributed by atoms with Crippen molar-refractivity contribution >= 4 is 0 Å². The van der Waals surface area contributed by atoms with Crippen molar-refractivity contribution in [2.24, 2.45) is 0 Å². The lowest BCUT2D eigenvalue weighted by Gasteiger charge is -2.40. The number of hydrogen-bond donors (Lipinski definition) is 2. The number of ether oxygens (including phenoxy) is 1. The number of aliphatic hydroxyl groups excluding tert-OH is 1. The van der Waals surface area contributed by atoms with Gasteiger partial charge in [-0.2, -0.15) is 0 Å². The van der Waals surface area contributed by atoms with Crippen LogP contribution in [-0.2, 0) is 0 Å². The number of likely N-dealkylation sites (N-methyl/N-ethyl adjacent to an activating group) is 1. The van der Waals surface area contributed by atoms with E-state index in [1.165, 1.54) is 11.1 Å². The third-order valence-corrected chi connectivity index (χ3v) is 4.15. The van der Waals surface area contributed by atoms with Gasteiger partial charge in [0.05, 0.1) is 6.61 Å². The van der Waals surface area contributed by atoms with Gasteiger partial charge < -0.3 is 15.2 Å². The summed E-state index contributed by atoms with van der Waals surface area (Å²) in [6, 6.07) is 6.34. The largest absolute Gasteiger partial charge is 0.490 e. The monoisotopic (exact) mass is 277 g/mol. The van der Waals surface area contributed by atoms with Crippen LogP contribution >= 0.6 is 0 Å². The van der Waals surface area contributed by atoms with E-state index in [-0.39, 0.29) is 18.2 Å². The van der Waals surface area contributed by atoms with Gasteiger partial charge in [-0.3, -0.25) is 0 Å². The Morgan fingerprint density at radius 2 is 2.00 bits per heavy atom. The second kappa shape index (κ2) is 6.59. The third kappa shape index (κ3) is 3.74. The molecule has 0 radical (unpaired) electrons. The number of aryl methyl sites for hydroxylation is 2. The van der Waals surface area contributed by atoms with Gasteiger partial charge in [0, 0.05) is 12.0 Å². The van der Waals surface area contributed by atoms with Crippen LogP contribution in [0.5, 0.6) is 5.75 Å². The summed E-state index contributed by atoms with van der Waals surface area (Å²) in [5.41, 5.74) is 2.31. The van der Waals surface area contributed by atoms with Gasteiger partial charge in [-0.15, -0.1) is 0 Å². The maximum absolute atomic E-state index is 9.73. The smallest absolute Gasteiger partial charge is 0.120 e. The summed E-state index contributed by atoms with van der Waals surface area (Å²) in [5.74, 6) is 0.956. The summed E-state index contributed by atoms with van der Waals surface area (Å²) in [6.07, 6.45) is 4.27. The van der Waals surface area contributed by atoms with Gasteiger partial charge in [-0.1, -0.05) is 13.0 Å². The van der Waals surface area contributed by atoms with Crippen molar-refractivity contribution in [1.82, 2.24) is 5.32 Å². The molecule has 0 aromatic heterocycles. The number of nitrogens with one attached hydrogen (secondary N) is 1. The molecule has 2 unspecified atom stereocenters. The standard InChI is InChI=1S/C17H27NO2/c1-4-18-17(12-19)7-5-6-15(11-17)20-16-9-13(2)8-14(3)10-16/h8-10,15,18-19H,4-7,11-12H2,1-3H3. The van der Waals surface area contributed by atoms with Crippen LogP contribution in [-0.4, -0.2) is 29.9 Å². The van der Waals surface area contributed by atoms with Crippen LogP contribution in [0.3, 0.4) is 0 Å². The minimum absolute atomic E-state index is 0.156. The molecule has 112 valence electrons. The average molecular weight is 277 g/mol. The molecular formula is C17H27NO2. The van der Waals surface area contributed by atoms with Crippen molar-refractivity contribution in [1.29, 1.82) is 0 Å². The third-order valence-electron chi connectivity index (χ3n) is 4.15. The van der Waals surface area contributed by atoms with E-state index in [2.05, 4.69) is 44.3 Å². The molecule has 2 atom stereocenters. The zero-order valence-corrected chi connectivity index (χ0v) is 12.9. The Kier molecular flexibility index (Phi) is 5.06. The zero-order valence-electron chi connectivity index (χ0n) is 12.9. The lowest BCUT2D eigenvalue weighted by molar-refractivity contribution is 0.0519. The number of hydrogen-bond acceptors (Lipinski definition) is 3. The average Bonchev–Trinajstić information content (AvgIpc) is 2.38. The summed E-state index contributed by atoms with van der Waals surface area (Å²) in [4.78, 5) is 0. The van der Waals surface area contributed by atoms with E-state index in [9.17, 15) is 5.11 Å². The van der Waals surface area contributed by atoms with Crippen LogP contribution in [0, 0.1) is 13.8 Å². The van der Waals surface area contributed by atoms with Gasteiger partial charge in [0.15, 0.2) is 0 Å². The van der Waals surface area contributed by atoms with Gasteiger partial charge in [0.25, 0.3) is 0 Å². The van der Waals surface area contributed by atoms with E-state index in [0.29, 0.717) is 0 Å². The normalized spacial score (nSPS) is 26.5. The highest BCUT2D eigenvalue weighted by atomic mass is 16.5.